The SMILES string of the molecule is CC1(C)CCCC1C(=O)NC1CCC(N)CC1. The van der Waals surface area contributed by atoms with E-state index in [1.807, 2.05) is 0 Å². The third kappa shape index (κ3) is 3.01. The molecule has 98 valence electrons. The minimum atomic E-state index is 0.190. The fraction of sp³-hybridized carbons (Fsp3) is 0.929. The van der Waals surface area contributed by atoms with Gasteiger partial charge in [-0.1, -0.05) is 20.3 Å². The van der Waals surface area contributed by atoms with E-state index in [4.69, 9.17) is 5.73 Å². The lowest BCUT2D eigenvalue weighted by molar-refractivity contribution is -0.128. The highest BCUT2D eigenvalue weighted by molar-refractivity contribution is 5.80. The molecule has 3 nitrogen and oxygen atoms in total. The first-order chi connectivity index (χ1) is 7.99. The van der Waals surface area contributed by atoms with E-state index in [1.54, 1.807) is 0 Å². The molecule has 3 N–H and O–H groups in total. The molecule has 0 radical (unpaired) electrons. The van der Waals surface area contributed by atoms with Crippen molar-refractivity contribution in [1.29, 1.82) is 0 Å². The Kier molecular flexibility index (Phi) is 3.76. The second-order valence-electron chi connectivity index (χ2n) is 6.55. The number of nitrogens with one attached hydrogen (secondary N) is 1. The van der Waals surface area contributed by atoms with Gasteiger partial charge in [0.05, 0.1) is 0 Å². The van der Waals surface area contributed by atoms with Gasteiger partial charge >= 0.3 is 0 Å². The van der Waals surface area contributed by atoms with Crippen molar-refractivity contribution in [2.75, 3.05) is 0 Å². The van der Waals surface area contributed by atoms with Crippen LogP contribution in [0.1, 0.15) is 58.8 Å². The highest BCUT2D eigenvalue weighted by atomic mass is 16.2. The molecule has 2 fully saturated rings. The number of hydrogen-bond donors (Lipinski definition) is 2. The van der Waals surface area contributed by atoms with Crippen molar-refractivity contribution in [3.05, 3.63) is 0 Å². The fourth-order valence-electron chi connectivity index (χ4n) is 3.38. The van der Waals surface area contributed by atoms with Gasteiger partial charge in [0.2, 0.25) is 5.91 Å². The number of rotatable bonds is 2. The molecular weight excluding hydrogens is 212 g/mol. The van der Waals surface area contributed by atoms with Crippen LogP contribution in [0, 0.1) is 11.3 Å². The highest BCUT2D eigenvalue weighted by Crippen LogP contribution is 2.42. The topological polar surface area (TPSA) is 55.1 Å². The zero-order valence-corrected chi connectivity index (χ0v) is 11.2. The van der Waals surface area contributed by atoms with Gasteiger partial charge in [-0.2, -0.15) is 0 Å². The molecule has 0 aromatic carbocycles. The quantitative estimate of drug-likeness (QED) is 0.775. The molecule has 17 heavy (non-hydrogen) atoms. The van der Waals surface area contributed by atoms with Crippen LogP contribution in [-0.4, -0.2) is 18.0 Å². The number of nitrogens with two attached hydrogens (primary N) is 1. The summed E-state index contributed by atoms with van der Waals surface area (Å²) in [5, 5.41) is 3.24. The second kappa shape index (κ2) is 4.97. The first kappa shape index (κ1) is 12.9. The maximum absolute atomic E-state index is 12.3. The van der Waals surface area contributed by atoms with Gasteiger partial charge in [0, 0.05) is 18.0 Å². The fourth-order valence-corrected chi connectivity index (χ4v) is 3.38. The predicted molar refractivity (Wildman–Crippen MR) is 69.5 cm³/mol. The molecule has 1 amide bonds. The van der Waals surface area contributed by atoms with Crippen LogP contribution >= 0.6 is 0 Å². The van der Waals surface area contributed by atoms with Crippen LogP contribution in [0.4, 0.5) is 0 Å². The van der Waals surface area contributed by atoms with E-state index in [2.05, 4.69) is 19.2 Å². The second-order valence-corrected chi connectivity index (χ2v) is 6.55. The Morgan fingerprint density at radius 1 is 1.18 bits per heavy atom. The van der Waals surface area contributed by atoms with Crippen LogP contribution in [0.5, 0.6) is 0 Å². The molecule has 1 atom stereocenters. The molecule has 0 spiro atoms. The Morgan fingerprint density at radius 2 is 1.82 bits per heavy atom. The van der Waals surface area contributed by atoms with E-state index >= 15 is 0 Å². The van der Waals surface area contributed by atoms with E-state index in [-0.39, 0.29) is 17.2 Å². The summed E-state index contributed by atoms with van der Waals surface area (Å²) >= 11 is 0. The average Bonchev–Trinajstić information content (AvgIpc) is 2.61. The third-order valence-electron chi connectivity index (χ3n) is 4.69. The lowest BCUT2D eigenvalue weighted by atomic mass is 9.81. The largest absolute Gasteiger partial charge is 0.353 e. The summed E-state index contributed by atoms with van der Waals surface area (Å²) in [6.07, 6.45) is 7.66. The third-order valence-corrected chi connectivity index (χ3v) is 4.69. The molecule has 0 saturated heterocycles. The Bertz CT molecular complexity index is 280. The van der Waals surface area contributed by atoms with E-state index < -0.39 is 0 Å². The Hall–Kier alpha value is -0.570. The number of amides is 1. The van der Waals surface area contributed by atoms with Gasteiger partial charge in [0.15, 0.2) is 0 Å². The Morgan fingerprint density at radius 3 is 2.35 bits per heavy atom. The summed E-state index contributed by atoms with van der Waals surface area (Å²) in [4.78, 5) is 12.3. The van der Waals surface area contributed by atoms with E-state index in [9.17, 15) is 4.79 Å². The molecular formula is C14H26N2O. The zero-order valence-electron chi connectivity index (χ0n) is 11.2. The van der Waals surface area contributed by atoms with Crippen LogP contribution in [0.15, 0.2) is 0 Å². The molecule has 2 saturated carbocycles. The molecule has 0 aliphatic heterocycles. The lowest BCUT2D eigenvalue weighted by Gasteiger charge is -2.31. The summed E-state index contributed by atoms with van der Waals surface area (Å²) in [6, 6.07) is 0.727. The average molecular weight is 238 g/mol. The van der Waals surface area contributed by atoms with Crippen LogP contribution in [0.25, 0.3) is 0 Å². The van der Waals surface area contributed by atoms with E-state index in [0.717, 1.165) is 32.1 Å². The van der Waals surface area contributed by atoms with Gasteiger partial charge in [-0.05, 0) is 43.9 Å². The minimum absolute atomic E-state index is 0.190. The van der Waals surface area contributed by atoms with Crippen LogP contribution in [-0.2, 0) is 4.79 Å². The van der Waals surface area contributed by atoms with Crippen molar-refractivity contribution >= 4 is 5.91 Å². The summed E-state index contributed by atoms with van der Waals surface area (Å²) < 4.78 is 0. The zero-order chi connectivity index (χ0) is 12.5. The standard InChI is InChI=1S/C14H26N2O/c1-14(2)9-3-4-12(14)13(17)16-11-7-5-10(15)6-8-11/h10-12H,3-9,15H2,1-2H3,(H,16,17). The maximum Gasteiger partial charge on any atom is 0.223 e. The normalized spacial score (nSPS) is 36.8. The van der Waals surface area contributed by atoms with Crippen molar-refractivity contribution in [2.24, 2.45) is 17.1 Å². The van der Waals surface area contributed by atoms with Crippen molar-refractivity contribution in [1.82, 2.24) is 5.32 Å². The number of carbonyl (C=O) groups is 1. The predicted octanol–water partition coefficient (Wildman–Crippen LogP) is 2.20. The Labute approximate surface area is 105 Å². The summed E-state index contributed by atoms with van der Waals surface area (Å²) in [6.45, 7) is 4.45. The van der Waals surface area contributed by atoms with E-state index in [1.165, 1.54) is 12.8 Å². The van der Waals surface area contributed by atoms with Gasteiger partial charge in [-0.25, -0.2) is 0 Å². The molecule has 0 aromatic heterocycles. The highest BCUT2D eigenvalue weighted by Gasteiger charge is 2.39. The molecule has 2 aliphatic rings. The van der Waals surface area contributed by atoms with Crippen molar-refractivity contribution in [3.8, 4) is 0 Å². The molecule has 2 aliphatic carbocycles. The summed E-state index contributed by atoms with van der Waals surface area (Å²) in [7, 11) is 0. The van der Waals surface area contributed by atoms with Gasteiger partial charge < -0.3 is 11.1 Å². The van der Waals surface area contributed by atoms with Gasteiger partial charge in [-0.15, -0.1) is 0 Å². The summed E-state index contributed by atoms with van der Waals surface area (Å²) in [5.41, 5.74) is 6.07. The molecule has 0 bridgehead atoms. The van der Waals surface area contributed by atoms with Crippen LogP contribution < -0.4 is 11.1 Å². The minimum Gasteiger partial charge on any atom is -0.353 e. The lowest BCUT2D eigenvalue weighted by Crippen LogP contribution is -2.44. The first-order valence-electron chi connectivity index (χ1n) is 7.05. The van der Waals surface area contributed by atoms with Crippen molar-refractivity contribution in [3.63, 3.8) is 0 Å². The van der Waals surface area contributed by atoms with Crippen LogP contribution in [0.2, 0.25) is 0 Å². The molecule has 1 unspecified atom stereocenters. The molecule has 3 heteroatoms. The first-order valence-corrected chi connectivity index (χ1v) is 7.05. The smallest absolute Gasteiger partial charge is 0.223 e. The van der Waals surface area contributed by atoms with E-state index in [0.29, 0.717) is 12.1 Å². The Balaban J connectivity index is 1.85. The number of carbonyl (C=O) groups excluding carboxylic acids is 1. The monoisotopic (exact) mass is 238 g/mol. The maximum atomic E-state index is 12.3. The van der Waals surface area contributed by atoms with Gasteiger partial charge in [0.25, 0.3) is 0 Å². The molecule has 0 heterocycles. The van der Waals surface area contributed by atoms with Gasteiger partial charge in [0.1, 0.15) is 0 Å². The summed E-state index contributed by atoms with van der Waals surface area (Å²) in [5.74, 6) is 0.506. The van der Waals surface area contributed by atoms with Crippen LogP contribution in [0.3, 0.4) is 0 Å². The number of hydrogen-bond acceptors (Lipinski definition) is 2. The van der Waals surface area contributed by atoms with Gasteiger partial charge in [-0.3, -0.25) is 4.79 Å². The van der Waals surface area contributed by atoms with Crippen molar-refractivity contribution < 1.29 is 4.79 Å². The molecule has 0 aromatic rings. The molecule has 2 rings (SSSR count). The van der Waals surface area contributed by atoms with Crippen molar-refractivity contribution in [2.45, 2.75) is 70.9 Å².